The zero-order valence-corrected chi connectivity index (χ0v) is 9.82. The van der Waals surface area contributed by atoms with Gasteiger partial charge in [0, 0.05) is 5.75 Å². The molecule has 0 radical (unpaired) electrons. The highest BCUT2D eigenvalue weighted by Crippen LogP contribution is 2.76. The summed E-state index contributed by atoms with van der Waals surface area (Å²) in [7, 11) is 4.08. The Morgan fingerprint density at radius 3 is 2.64 bits per heavy atom. The van der Waals surface area contributed by atoms with Gasteiger partial charge >= 0.3 is 0 Å². The van der Waals surface area contributed by atoms with Crippen LogP contribution < -0.4 is 0 Å². The van der Waals surface area contributed by atoms with E-state index >= 15 is 0 Å². The Hall–Kier alpha value is 0.870. The summed E-state index contributed by atoms with van der Waals surface area (Å²) in [5.74, 6) is 3.77. The van der Waals surface area contributed by atoms with Crippen LogP contribution in [-0.2, 0) is 11.8 Å². The Bertz CT molecular complexity index is 232. The van der Waals surface area contributed by atoms with E-state index in [-0.39, 0.29) is 0 Å². The average molecular weight is 223 g/mol. The second-order valence-electron chi connectivity index (χ2n) is 2.37. The summed E-state index contributed by atoms with van der Waals surface area (Å²) in [4.78, 5) is 0. The predicted molar refractivity (Wildman–Crippen MR) is 60.6 cm³/mol. The van der Waals surface area contributed by atoms with Crippen LogP contribution in [0.25, 0.3) is 0 Å². The molecule has 5 heteroatoms. The largest absolute Gasteiger partial charge is 0.265 e. The standard InChI is InChI=1S/C6H10NPS3/c1-4-6-5-10-8(9,11-6)7(2)3/h1,6H,5H2,2-3H3. The molecule has 0 aliphatic carbocycles. The van der Waals surface area contributed by atoms with Crippen LogP contribution in [0, 0.1) is 12.3 Å². The fraction of sp³-hybridized carbons (Fsp3) is 0.667. The molecule has 1 fully saturated rings. The van der Waals surface area contributed by atoms with Crippen LogP contribution in [0.2, 0.25) is 0 Å². The van der Waals surface area contributed by atoms with Crippen LogP contribution in [0.1, 0.15) is 0 Å². The van der Waals surface area contributed by atoms with E-state index in [0.29, 0.717) is 5.25 Å². The summed E-state index contributed by atoms with van der Waals surface area (Å²) in [6, 6.07) is 0. The molecule has 0 aromatic rings. The molecule has 1 heterocycles. The fourth-order valence-corrected chi connectivity index (χ4v) is 10.4. The second-order valence-corrected chi connectivity index (χ2v) is 13.7. The van der Waals surface area contributed by atoms with Crippen LogP contribution >= 0.6 is 27.4 Å². The molecule has 0 amide bonds. The van der Waals surface area contributed by atoms with Crippen molar-refractivity contribution >= 4 is 39.2 Å². The smallest absolute Gasteiger partial charge is 0.121 e. The summed E-state index contributed by atoms with van der Waals surface area (Å²) in [6.45, 7) is 0. The molecule has 1 nitrogen and oxygen atoms in total. The number of terminal acetylenes is 1. The Morgan fingerprint density at radius 1 is 1.73 bits per heavy atom. The zero-order valence-electron chi connectivity index (χ0n) is 6.48. The summed E-state index contributed by atoms with van der Waals surface area (Å²) < 4.78 is 0.791. The number of rotatable bonds is 1. The van der Waals surface area contributed by atoms with Gasteiger partial charge in [0.1, 0.15) is 4.59 Å². The average Bonchev–Trinajstić information content (AvgIpc) is 2.33. The van der Waals surface area contributed by atoms with Gasteiger partial charge in [-0.15, -0.1) is 6.42 Å². The van der Waals surface area contributed by atoms with Crippen molar-refractivity contribution in [3.05, 3.63) is 0 Å². The minimum atomic E-state index is -1.36. The molecule has 2 unspecified atom stereocenters. The molecule has 0 bridgehead atoms. The lowest BCUT2D eigenvalue weighted by molar-refractivity contribution is 0.696. The summed E-state index contributed by atoms with van der Waals surface area (Å²) in [6.07, 6.45) is 5.32. The maximum atomic E-state index is 5.50. The van der Waals surface area contributed by atoms with Gasteiger partial charge < -0.3 is 0 Å². The van der Waals surface area contributed by atoms with Gasteiger partial charge in [-0.05, 0) is 14.1 Å². The predicted octanol–water partition coefficient (Wildman–Crippen LogP) is 2.25. The quantitative estimate of drug-likeness (QED) is 0.495. The Morgan fingerprint density at radius 2 is 2.36 bits per heavy atom. The molecule has 11 heavy (non-hydrogen) atoms. The fourth-order valence-electron chi connectivity index (χ4n) is 0.672. The molecule has 1 saturated heterocycles. The third-order valence-electron chi connectivity index (χ3n) is 1.33. The highest BCUT2D eigenvalue weighted by Gasteiger charge is 2.32. The molecule has 0 aromatic heterocycles. The van der Waals surface area contributed by atoms with Crippen molar-refractivity contribution < 1.29 is 0 Å². The van der Waals surface area contributed by atoms with Crippen LogP contribution in [0.3, 0.4) is 0 Å². The van der Waals surface area contributed by atoms with E-state index in [1.165, 1.54) is 0 Å². The van der Waals surface area contributed by atoms with Crippen molar-refractivity contribution in [3.63, 3.8) is 0 Å². The summed E-state index contributed by atoms with van der Waals surface area (Å²) in [5, 5.41) is 0.341. The highest BCUT2D eigenvalue weighted by atomic mass is 33.2. The van der Waals surface area contributed by atoms with Crippen LogP contribution in [0.15, 0.2) is 0 Å². The second kappa shape index (κ2) is 3.72. The first-order valence-electron chi connectivity index (χ1n) is 3.15. The molecule has 62 valence electrons. The molecule has 0 spiro atoms. The first-order chi connectivity index (χ1) is 5.08. The lowest BCUT2D eigenvalue weighted by atomic mass is 10.5. The molecule has 1 aliphatic rings. The first-order valence-corrected chi connectivity index (χ1v) is 8.98. The van der Waals surface area contributed by atoms with Gasteiger partial charge in [0.25, 0.3) is 0 Å². The SMILES string of the molecule is C#CC1CSP(=S)(N(C)C)S1. The van der Waals surface area contributed by atoms with Crippen LogP contribution in [-0.4, -0.2) is 29.8 Å². The molecule has 0 aromatic carbocycles. The van der Waals surface area contributed by atoms with E-state index < -0.39 is 4.59 Å². The van der Waals surface area contributed by atoms with Gasteiger partial charge in [-0.25, -0.2) is 0 Å². The van der Waals surface area contributed by atoms with Gasteiger partial charge in [0.15, 0.2) is 0 Å². The number of hydrogen-bond donors (Lipinski definition) is 0. The topological polar surface area (TPSA) is 3.24 Å². The number of nitrogens with zero attached hydrogens (tertiary/aromatic N) is 1. The van der Waals surface area contributed by atoms with Crippen molar-refractivity contribution in [1.82, 2.24) is 4.67 Å². The van der Waals surface area contributed by atoms with E-state index in [2.05, 4.69) is 10.6 Å². The maximum absolute atomic E-state index is 5.50. The zero-order chi connectivity index (χ0) is 8.48. The van der Waals surface area contributed by atoms with Crippen LogP contribution in [0.5, 0.6) is 0 Å². The van der Waals surface area contributed by atoms with E-state index in [1.807, 2.05) is 25.5 Å². The Kier molecular flexibility index (Phi) is 3.37. The van der Waals surface area contributed by atoms with E-state index in [9.17, 15) is 0 Å². The van der Waals surface area contributed by atoms with E-state index in [0.717, 1.165) is 5.75 Å². The van der Waals surface area contributed by atoms with Crippen LogP contribution in [0.4, 0.5) is 0 Å². The van der Waals surface area contributed by atoms with Crippen molar-refractivity contribution in [2.24, 2.45) is 0 Å². The summed E-state index contributed by atoms with van der Waals surface area (Å²) >= 11 is 9.16. The third-order valence-corrected chi connectivity index (χ3v) is 13.5. The Labute approximate surface area is 81.2 Å². The minimum absolute atomic E-state index is 0.341. The molecule has 1 rings (SSSR count). The Balaban J connectivity index is 2.67. The highest BCUT2D eigenvalue weighted by molar-refractivity contribution is 9.01. The van der Waals surface area contributed by atoms with Gasteiger partial charge in [-0.3, -0.25) is 4.67 Å². The molecule has 0 N–H and O–H groups in total. The van der Waals surface area contributed by atoms with Gasteiger partial charge in [-0.2, -0.15) is 0 Å². The van der Waals surface area contributed by atoms with Gasteiger partial charge in [-0.1, -0.05) is 40.5 Å². The van der Waals surface area contributed by atoms with Gasteiger partial charge in [0.2, 0.25) is 0 Å². The molecule has 0 saturated carbocycles. The van der Waals surface area contributed by atoms with E-state index in [1.54, 1.807) is 11.4 Å². The van der Waals surface area contributed by atoms with Crippen molar-refractivity contribution in [2.45, 2.75) is 5.25 Å². The first kappa shape index (κ1) is 9.95. The van der Waals surface area contributed by atoms with Crippen molar-refractivity contribution in [2.75, 3.05) is 19.8 Å². The molecule has 2 atom stereocenters. The molecular formula is C6H10NPS3. The lowest BCUT2D eigenvalue weighted by Crippen LogP contribution is -2.01. The third kappa shape index (κ3) is 2.17. The molecule has 1 aliphatic heterocycles. The minimum Gasteiger partial charge on any atom is -0.265 e. The maximum Gasteiger partial charge on any atom is 0.121 e. The normalized spacial score (nSPS) is 37.5. The van der Waals surface area contributed by atoms with E-state index in [4.69, 9.17) is 18.2 Å². The lowest BCUT2D eigenvalue weighted by Gasteiger charge is -2.21. The number of hydrogen-bond acceptors (Lipinski definition) is 3. The molecular weight excluding hydrogens is 213 g/mol. The monoisotopic (exact) mass is 223 g/mol. The van der Waals surface area contributed by atoms with Crippen molar-refractivity contribution in [3.8, 4) is 12.3 Å². The van der Waals surface area contributed by atoms with Gasteiger partial charge in [0.05, 0.1) is 5.25 Å². The summed E-state index contributed by atoms with van der Waals surface area (Å²) in [5.41, 5.74) is 0. The van der Waals surface area contributed by atoms with Crippen molar-refractivity contribution in [1.29, 1.82) is 0 Å².